The molecule has 1 fully saturated rings. The summed E-state index contributed by atoms with van der Waals surface area (Å²) in [5.74, 6) is -4.46. The summed E-state index contributed by atoms with van der Waals surface area (Å²) in [7, 11) is -4.36. The van der Waals surface area contributed by atoms with Gasteiger partial charge in [-0.15, -0.1) is 0 Å². The van der Waals surface area contributed by atoms with Gasteiger partial charge in [0.2, 0.25) is 0 Å². The first-order chi connectivity index (χ1) is 12.2. The zero-order valence-corrected chi connectivity index (χ0v) is 16.8. The van der Waals surface area contributed by atoms with Crippen LogP contribution >= 0.6 is 0 Å². The third kappa shape index (κ3) is 5.38. The molecule has 1 heterocycles. The van der Waals surface area contributed by atoms with Crippen molar-refractivity contribution in [1.82, 2.24) is 4.90 Å². The molecule has 0 N–H and O–H groups in total. The number of carbonyl (C=O) groups is 1. The Bertz CT molecular complexity index is 787. The lowest BCUT2D eigenvalue weighted by atomic mass is 9.94. The molecule has 1 saturated heterocycles. The molecule has 152 valence electrons. The van der Waals surface area contributed by atoms with Crippen molar-refractivity contribution in [2.24, 2.45) is 5.92 Å². The van der Waals surface area contributed by atoms with Gasteiger partial charge in [-0.05, 0) is 39.8 Å². The van der Waals surface area contributed by atoms with E-state index in [0.29, 0.717) is 0 Å². The molecule has 2 atom stereocenters. The number of amides is 1. The molecule has 0 aromatic heterocycles. The molecule has 1 aliphatic rings. The Morgan fingerprint density at radius 1 is 1.22 bits per heavy atom. The molecule has 1 aromatic carbocycles. The van der Waals surface area contributed by atoms with Crippen LogP contribution in [0.25, 0.3) is 0 Å². The van der Waals surface area contributed by atoms with Crippen molar-refractivity contribution in [3.8, 4) is 0 Å². The number of nitrogens with zero attached hydrogens (tertiary/aromatic N) is 1. The molecule has 0 aliphatic carbocycles. The van der Waals surface area contributed by atoms with E-state index in [0.717, 1.165) is 10.5 Å². The molecule has 0 radical (unpaired) electrons. The van der Waals surface area contributed by atoms with Crippen molar-refractivity contribution < 1.29 is 30.9 Å². The highest BCUT2D eigenvalue weighted by Crippen LogP contribution is 2.36. The molecule has 2 rings (SSSR count). The Balaban J connectivity index is 2.17. The van der Waals surface area contributed by atoms with Gasteiger partial charge in [-0.25, -0.2) is 13.6 Å². The number of rotatable bonds is 3. The Kier molecular flexibility index (Phi) is 5.87. The van der Waals surface area contributed by atoms with Crippen molar-refractivity contribution in [3.63, 3.8) is 0 Å². The summed E-state index contributed by atoms with van der Waals surface area (Å²) in [5.41, 5.74) is 0.0101. The summed E-state index contributed by atoms with van der Waals surface area (Å²) in [6, 6.07) is 5.73. The van der Waals surface area contributed by atoms with Gasteiger partial charge in [-0.2, -0.15) is 8.42 Å². The van der Waals surface area contributed by atoms with E-state index in [1.807, 2.05) is 0 Å². The molecule has 0 unspecified atom stereocenters. The molecule has 0 saturated carbocycles. The second-order valence-electron chi connectivity index (χ2n) is 7.88. The molecule has 1 amide bonds. The fourth-order valence-electron chi connectivity index (χ4n) is 2.80. The predicted octanol–water partition coefficient (Wildman–Crippen LogP) is 3.59. The fraction of sp³-hybridized carbons (Fsp3) is 0.611. The van der Waals surface area contributed by atoms with Gasteiger partial charge < -0.3 is 9.64 Å². The molecule has 0 spiro atoms. The van der Waals surface area contributed by atoms with Crippen molar-refractivity contribution in [3.05, 3.63) is 29.8 Å². The smallest absolute Gasteiger partial charge is 0.410 e. The van der Waals surface area contributed by atoms with E-state index in [1.54, 1.807) is 39.8 Å². The second kappa shape index (κ2) is 7.35. The topological polar surface area (TPSA) is 72.9 Å². The summed E-state index contributed by atoms with van der Waals surface area (Å²) in [5, 5.41) is 0. The van der Waals surface area contributed by atoms with Gasteiger partial charge in [0.05, 0.1) is 11.4 Å². The van der Waals surface area contributed by atoms with Gasteiger partial charge in [-0.3, -0.25) is 4.18 Å². The van der Waals surface area contributed by atoms with Crippen LogP contribution in [0.15, 0.2) is 29.2 Å². The van der Waals surface area contributed by atoms with Crippen LogP contribution in [-0.2, 0) is 19.0 Å². The van der Waals surface area contributed by atoms with Gasteiger partial charge in [0, 0.05) is 12.5 Å². The van der Waals surface area contributed by atoms with Gasteiger partial charge >= 0.3 is 6.09 Å². The number of aryl methyl sites for hydroxylation is 1. The normalized spacial score (nSPS) is 23.1. The van der Waals surface area contributed by atoms with E-state index < -0.39 is 46.3 Å². The number of alkyl halides is 2. The summed E-state index contributed by atoms with van der Waals surface area (Å²) in [4.78, 5) is 12.8. The minimum absolute atomic E-state index is 0.0986. The Morgan fingerprint density at radius 3 is 2.26 bits per heavy atom. The van der Waals surface area contributed by atoms with Crippen LogP contribution in [-0.4, -0.2) is 50.1 Å². The van der Waals surface area contributed by atoms with Crippen molar-refractivity contribution in [2.45, 2.75) is 57.1 Å². The molecular weight excluding hydrogens is 380 g/mol. The molecule has 6 nitrogen and oxygen atoms in total. The number of halogens is 2. The van der Waals surface area contributed by atoms with Crippen LogP contribution in [0.1, 0.15) is 33.3 Å². The highest BCUT2D eigenvalue weighted by Gasteiger charge is 2.53. The highest BCUT2D eigenvalue weighted by molar-refractivity contribution is 7.86. The lowest BCUT2D eigenvalue weighted by Crippen LogP contribution is -2.59. The van der Waals surface area contributed by atoms with Crippen LogP contribution in [0.5, 0.6) is 0 Å². The maximum Gasteiger partial charge on any atom is 0.410 e. The van der Waals surface area contributed by atoms with Crippen molar-refractivity contribution in [2.75, 3.05) is 13.1 Å². The number of piperidine rings is 1. The third-order valence-electron chi connectivity index (χ3n) is 4.03. The summed E-state index contributed by atoms with van der Waals surface area (Å²) in [6.07, 6.45) is -2.74. The predicted molar refractivity (Wildman–Crippen MR) is 95.2 cm³/mol. The summed E-state index contributed by atoms with van der Waals surface area (Å²) < 4.78 is 64.1. The van der Waals surface area contributed by atoms with Crippen LogP contribution < -0.4 is 0 Å². The van der Waals surface area contributed by atoms with Crippen LogP contribution in [0, 0.1) is 12.8 Å². The number of carbonyl (C=O) groups excluding carboxylic acids is 1. The first-order valence-electron chi connectivity index (χ1n) is 8.57. The zero-order chi connectivity index (χ0) is 20.6. The van der Waals surface area contributed by atoms with Crippen LogP contribution in [0.4, 0.5) is 13.6 Å². The number of ether oxygens (including phenoxy) is 1. The van der Waals surface area contributed by atoms with E-state index in [4.69, 9.17) is 8.92 Å². The summed E-state index contributed by atoms with van der Waals surface area (Å²) in [6.45, 7) is 7.03. The van der Waals surface area contributed by atoms with Gasteiger partial charge in [0.15, 0.2) is 0 Å². The molecule has 1 aliphatic heterocycles. The van der Waals surface area contributed by atoms with Crippen molar-refractivity contribution in [1.29, 1.82) is 0 Å². The number of hydrogen-bond donors (Lipinski definition) is 0. The molecule has 1 aromatic rings. The monoisotopic (exact) mass is 405 g/mol. The van der Waals surface area contributed by atoms with E-state index in [1.165, 1.54) is 19.1 Å². The average molecular weight is 405 g/mol. The van der Waals surface area contributed by atoms with E-state index in [-0.39, 0.29) is 11.4 Å². The van der Waals surface area contributed by atoms with Crippen molar-refractivity contribution >= 4 is 16.2 Å². The SMILES string of the molecule is Cc1ccc(S(=O)(=O)O[C@@H]2[C@H](C)CN(C(=O)OC(C)(C)C)CC2(F)F)cc1. The van der Waals surface area contributed by atoms with Gasteiger partial charge in [0.25, 0.3) is 16.0 Å². The Labute approximate surface area is 158 Å². The number of likely N-dealkylation sites (tertiary alicyclic amines) is 1. The molecule has 27 heavy (non-hydrogen) atoms. The minimum Gasteiger partial charge on any atom is -0.444 e. The molecule has 9 heteroatoms. The zero-order valence-electron chi connectivity index (χ0n) is 16.0. The first-order valence-corrected chi connectivity index (χ1v) is 9.98. The number of benzene rings is 1. The highest BCUT2D eigenvalue weighted by atomic mass is 32.2. The minimum atomic E-state index is -4.36. The van der Waals surface area contributed by atoms with E-state index in [9.17, 15) is 22.0 Å². The van der Waals surface area contributed by atoms with E-state index in [2.05, 4.69) is 0 Å². The molecular formula is C18H25F2NO5S. The van der Waals surface area contributed by atoms with Crippen LogP contribution in [0.2, 0.25) is 0 Å². The Hall–Kier alpha value is -1.74. The average Bonchev–Trinajstić information content (AvgIpc) is 2.49. The third-order valence-corrected chi connectivity index (χ3v) is 5.35. The van der Waals surface area contributed by atoms with Gasteiger partial charge in [-0.1, -0.05) is 24.6 Å². The molecule has 0 bridgehead atoms. The lowest BCUT2D eigenvalue weighted by molar-refractivity contribution is -0.155. The second-order valence-corrected chi connectivity index (χ2v) is 9.46. The quantitative estimate of drug-likeness (QED) is 0.719. The fourth-order valence-corrected chi connectivity index (χ4v) is 3.98. The Morgan fingerprint density at radius 2 is 1.78 bits per heavy atom. The maximum atomic E-state index is 14.6. The lowest BCUT2D eigenvalue weighted by Gasteiger charge is -2.41. The first kappa shape index (κ1) is 21.6. The summed E-state index contributed by atoms with van der Waals surface area (Å²) >= 11 is 0. The van der Waals surface area contributed by atoms with Gasteiger partial charge in [0.1, 0.15) is 11.7 Å². The largest absolute Gasteiger partial charge is 0.444 e. The maximum absolute atomic E-state index is 14.6. The van der Waals surface area contributed by atoms with E-state index >= 15 is 0 Å². The van der Waals surface area contributed by atoms with Crippen LogP contribution in [0.3, 0.4) is 0 Å². The number of hydrogen-bond acceptors (Lipinski definition) is 5. The standard InChI is InChI=1S/C18H25F2NO5S/c1-12-6-8-14(9-7-12)27(23,24)26-15-13(2)10-21(11-18(15,19)20)16(22)25-17(3,4)5/h6-9,13,15H,10-11H2,1-5H3/t13-,15-/m1/s1.